The number of likely N-dealkylation sites (tertiary alicyclic amines) is 1. The Balaban J connectivity index is 1.48. The molecule has 8 nitrogen and oxygen atoms in total. The van der Waals surface area contributed by atoms with E-state index in [9.17, 15) is 4.79 Å². The molecule has 4 heterocycles. The normalized spacial score (nSPS) is 15.4. The van der Waals surface area contributed by atoms with E-state index in [0.29, 0.717) is 29.7 Å². The zero-order valence-electron chi connectivity index (χ0n) is 16.7. The molecule has 0 spiro atoms. The molecular weight excluding hydrogens is 366 g/mol. The summed E-state index contributed by atoms with van der Waals surface area (Å²) in [5.74, 6) is 0.860. The monoisotopic (exact) mass is 391 g/mol. The standard InChI is InChI=1S/C21H25N7O/c1-15-18(20(29)24-12-16-6-10-27(2)11-7-16)14-25-28(15)21-23-9-5-19(26-21)17-4-3-8-22-13-17/h3-5,8-9,13-14,16H,6-7,10-12H2,1-2H3,(H,24,29). The third kappa shape index (κ3) is 4.32. The molecule has 0 atom stereocenters. The average Bonchev–Trinajstić information content (AvgIpc) is 3.15. The van der Waals surface area contributed by atoms with Crippen molar-refractivity contribution in [3.8, 4) is 17.2 Å². The SMILES string of the molecule is Cc1c(C(=O)NCC2CCN(C)CC2)cnn1-c1nccc(-c2cccnc2)n1. The summed E-state index contributed by atoms with van der Waals surface area (Å²) < 4.78 is 1.60. The average molecular weight is 391 g/mol. The summed E-state index contributed by atoms with van der Waals surface area (Å²) in [4.78, 5) is 28.1. The lowest BCUT2D eigenvalue weighted by molar-refractivity contribution is 0.0938. The molecule has 3 aromatic heterocycles. The van der Waals surface area contributed by atoms with E-state index in [1.165, 1.54) is 0 Å². The number of hydrogen-bond acceptors (Lipinski definition) is 6. The maximum absolute atomic E-state index is 12.7. The molecule has 3 aromatic rings. The highest BCUT2D eigenvalue weighted by Crippen LogP contribution is 2.18. The van der Waals surface area contributed by atoms with Gasteiger partial charge >= 0.3 is 0 Å². The van der Waals surface area contributed by atoms with Crippen molar-refractivity contribution in [2.75, 3.05) is 26.7 Å². The molecule has 0 aliphatic carbocycles. The van der Waals surface area contributed by atoms with E-state index in [4.69, 9.17) is 0 Å². The van der Waals surface area contributed by atoms with Gasteiger partial charge < -0.3 is 10.2 Å². The molecule has 0 radical (unpaired) electrons. The predicted octanol–water partition coefficient (Wildman–Crippen LogP) is 2.10. The lowest BCUT2D eigenvalue weighted by Gasteiger charge is -2.28. The number of aromatic nitrogens is 5. The second-order valence-electron chi connectivity index (χ2n) is 7.50. The summed E-state index contributed by atoms with van der Waals surface area (Å²) in [6, 6.07) is 5.63. The van der Waals surface area contributed by atoms with Crippen molar-refractivity contribution in [1.82, 2.24) is 34.9 Å². The summed E-state index contributed by atoms with van der Waals surface area (Å²) in [5, 5.41) is 7.42. The van der Waals surface area contributed by atoms with Gasteiger partial charge in [0.2, 0.25) is 0 Å². The molecule has 8 heteroatoms. The van der Waals surface area contributed by atoms with E-state index < -0.39 is 0 Å². The van der Waals surface area contributed by atoms with Crippen molar-refractivity contribution in [3.63, 3.8) is 0 Å². The number of nitrogens with one attached hydrogen (secondary N) is 1. The van der Waals surface area contributed by atoms with Crippen LogP contribution in [0.25, 0.3) is 17.2 Å². The van der Waals surface area contributed by atoms with Crippen molar-refractivity contribution in [2.45, 2.75) is 19.8 Å². The number of piperidine rings is 1. The molecule has 150 valence electrons. The molecule has 0 unspecified atom stereocenters. The number of carbonyl (C=O) groups is 1. The maximum atomic E-state index is 12.7. The molecule has 1 saturated heterocycles. The number of rotatable bonds is 5. The molecule has 1 N–H and O–H groups in total. The van der Waals surface area contributed by atoms with Crippen molar-refractivity contribution in [1.29, 1.82) is 0 Å². The second-order valence-corrected chi connectivity index (χ2v) is 7.50. The first-order valence-corrected chi connectivity index (χ1v) is 9.87. The first-order chi connectivity index (χ1) is 14.1. The Morgan fingerprint density at radius 3 is 2.79 bits per heavy atom. The fourth-order valence-corrected chi connectivity index (χ4v) is 3.56. The largest absolute Gasteiger partial charge is 0.352 e. The van der Waals surface area contributed by atoms with Gasteiger partial charge in [-0.25, -0.2) is 14.6 Å². The number of amides is 1. The van der Waals surface area contributed by atoms with Crippen molar-refractivity contribution in [3.05, 3.63) is 54.2 Å². The van der Waals surface area contributed by atoms with Gasteiger partial charge in [-0.05, 0) is 64.0 Å². The van der Waals surface area contributed by atoms with E-state index >= 15 is 0 Å². The van der Waals surface area contributed by atoms with E-state index in [-0.39, 0.29) is 5.91 Å². The first-order valence-electron chi connectivity index (χ1n) is 9.87. The van der Waals surface area contributed by atoms with Crippen LogP contribution in [0.4, 0.5) is 0 Å². The molecule has 0 bridgehead atoms. The molecule has 0 aromatic carbocycles. The Bertz CT molecular complexity index is 978. The van der Waals surface area contributed by atoms with Gasteiger partial charge in [-0.2, -0.15) is 5.10 Å². The third-order valence-electron chi connectivity index (χ3n) is 5.43. The number of nitrogens with zero attached hydrogens (tertiary/aromatic N) is 6. The van der Waals surface area contributed by atoms with E-state index in [0.717, 1.165) is 37.2 Å². The van der Waals surface area contributed by atoms with Crippen LogP contribution in [-0.4, -0.2) is 62.2 Å². The first kappa shape index (κ1) is 19.2. The van der Waals surface area contributed by atoms with Crippen molar-refractivity contribution >= 4 is 5.91 Å². The molecule has 1 aliphatic rings. The van der Waals surface area contributed by atoms with Crippen molar-refractivity contribution in [2.24, 2.45) is 5.92 Å². The third-order valence-corrected chi connectivity index (χ3v) is 5.43. The highest BCUT2D eigenvalue weighted by molar-refractivity contribution is 5.95. The van der Waals surface area contributed by atoms with Crippen molar-refractivity contribution < 1.29 is 4.79 Å². The Morgan fingerprint density at radius 1 is 1.21 bits per heavy atom. The number of carbonyl (C=O) groups excluding carboxylic acids is 1. The number of hydrogen-bond donors (Lipinski definition) is 1. The summed E-state index contributed by atoms with van der Waals surface area (Å²) in [5.41, 5.74) is 2.92. The van der Waals surface area contributed by atoms with Gasteiger partial charge in [0.15, 0.2) is 0 Å². The molecule has 1 fully saturated rings. The Kier molecular flexibility index (Phi) is 5.62. The van der Waals surface area contributed by atoms with E-state index in [2.05, 4.69) is 37.3 Å². The smallest absolute Gasteiger partial charge is 0.254 e. The minimum Gasteiger partial charge on any atom is -0.352 e. The fraction of sp³-hybridized carbons (Fsp3) is 0.381. The topological polar surface area (TPSA) is 88.8 Å². The van der Waals surface area contributed by atoms with Crippen LogP contribution in [0.3, 0.4) is 0 Å². The quantitative estimate of drug-likeness (QED) is 0.717. The van der Waals surface area contributed by atoms with Gasteiger partial charge in [0.25, 0.3) is 11.9 Å². The van der Waals surface area contributed by atoms with Crippen LogP contribution < -0.4 is 5.32 Å². The van der Waals surface area contributed by atoms with E-state index in [1.807, 2.05) is 25.1 Å². The van der Waals surface area contributed by atoms with Crippen LogP contribution >= 0.6 is 0 Å². The molecule has 1 aliphatic heterocycles. The zero-order valence-corrected chi connectivity index (χ0v) is 16.7. The minimum atomic E-state index is -0.101. The lowest BCUT2D eigenvalue weighted by atomic mass is 9.97. The lowest BCUT2D eigenvalue weighted by Crippen LogP contribution is -2.37. The van der Waals surface area contributed by atoms with Gasteiger partial charge in [0, 0.05) is 30.7 Å². The highest BCUT2D eigenvalue weighted by atomic mass is 16.1. The van der Waals surface area contributed by atoms with Gasteiger partial charge in [-0.15, -0.1) is 0 Å². The van der Waals surface area contributed by atoms with Crippen LogP contribution in [0.15, 0.2) is 43.0 Å². The predicted molar refractivity (Wildman–Crippen MR) is 110 cm³/mol. The summed E-state index contributed by atoms with van der Waals surface area (Å²) in [6.07, 6.45) is 8.97. The maximum Gasteiger partial charge on any atom is 0.254 e. The second kappa shape index (κ2) is 8.48. The molecule has 29 heavy (non-hydrogen) atoms. The summed E-state index contributed by atoms with van der Waals surface area (Å²) in [7, 11) is 2.14. The molecule has 4 rings (SSSR count). The highest BCUT2D eigenvalue weighted by Gasteiger charge is 2.20. The minimum absolute atomic E-state index is 0.101. The Labute approximate surface area is 170 Å². The van der Waals surface area contributed by atoms with Crippen LogP contribution in [0.2, 0.25) is 0 Å². The van der Waals surface area contributed by atoms with Gasteiger partial charge in [0.1, 0.15) is 0 Å². The van der Waals surface area contributed by atoms with Gasteiger partial charge in [-0.3, -0.25) is 9.78 Å². The molecular formula is C21H25N7O. The van der Waals surface area contributed by atoms with E-state index in [1.54, 1.807) is 29.5 Å². The number of pyridine rings is 1. The fourth-order valence-electron chi connectivity index (χ4n) is 3.56. The summed E-state index contributed by atoms with van der Waals surface area (Å²) >= 11 is 0. The van der Waals surface area contributed by atoms with Crippen LogP contribution in [0.1, 0.15) is 28.9 Å². The molecule has 0 saturated carbocycles. The molecule has 1 amide bonds. The Hall–Kier alpha value is -3.13. The van der Waals surface area contributed by atoms with Crippen LogP contribution in [-0.2, 0) is 0 Å². The van der Waals surface area contributed by atoms with Crippen LogP contribution in [0.5, 0.6) is 0 Å². The van der Waals surface area contributed by atoms with Crippen LogP contribution in [0, 0.1) is 12.8 Å². The van der Waals surface area contributed by atoms with Gasteiger partial charge in [0.05, 0.1) is 23.1 Å². The summed E-state index contributed by atoms with van der Waals surface area (Å²) in [6.45, 7) is 4.73. The zero-order chi connectivity index (χ0) is 20.2. The van der Waals surface area contributed by atoms with Gasteiger partial charge in [-0.1, -0.05) is 0 Å². The Morgan fingerprint density at radius 2 is 2.03 bits per heavy atom.